The molecule has 0 fully saturated rings. The Balaban J connectivity index is 1.95. The van der Waals surface area contributed by atoms with Crippen molar-refractivity contribution in [2.75, 3.05) is 0 Å². The molecule has 6 nitrogen and oxygen atoms in total. The number of alkyl halides is 1. The van der Waals surface area contributed by atoms with Gasteiger partial charge in [-0.25, -0.2) is 15.0 Å². The first kappa shape index (κ1) is 13.1. The molecule has 0 unspecified atom stereocenters. The molecule has 20 heavy (non-hydrogen) atoms. The lowest BCUT2D eigenvalue weighted by Crippen LogP contribution is -2.07. The van der Waals surface area contributed by atoms with Gasteiger partial charge in [0.05, 0.1) is 5.88 Å². The van der Waals surface area contributed by atoms with Crippen LogP contribution in [0.5, 0.6) is 0 Å². The Kier molecular flexibility index (Phi) is 3.40. The number of halogens is 1. The highest BCUT2D eigenvalue weighted by molar-refractivity contribution is 6.16. The fourth-order valence-electron chi connectivity index (χ4n) is 2.23. The van der Waals surface area contributed by atoms with Crippen molar-refractivity contribution in [3.8, 4) is 0 Å². The summed E-state index contributed by atoms with van der Waals surface area (Å²) in [7, 11) is 1.86. The van der Waals surface area contributed by atoms with Crippen LogP contribution in [-0.2, 0) is 25.9 Å². The maximum Gasteiger partial charge on any atom is 0.160 e. The Hall–Kier alpha value is -1.95. The normalized spacial score (nSPS) is 11.3. The fraction of sp³-hybridized carbons (Fsp3) is 0.385. The molecule has 0 aliphatic rings. The van der Waals surface area contributed by atoms with Crippen molar-refractivity contribution in [1.29, 1.82) is 0 Å². The molecule has 0 aliphatic carbocycles. The van der Waals surface area contributed by atoms with E-state index in [0.29, 0.717) is 5.88 Å². The SMILES string of the molecule is Cc1ccnc2c1nc(CCl)n2CCc1ncn(C)n1. The first-order chi connectivity index (χ1) is 9.69. The number of aryl methyl sites for hydroxylation is 4. The van der Waals surface area contributed by atoms with Crippen LogP contribution < -0.4 is 0 Å². The van der Waals surface area contributed by atoms with Gasteiger partial charge in [-0.15, -0.1) is 11.6 Å². The maximum atomic E-state index is 6.00. The van der Waals surface area contributed by atoms with Crippen LogP contribution in [0.4, 0.5) is 0 Å². The lowest BCUT2D eigenvalue weighted by atomic mass is 10.3. The van der Waals surface area contributed by atoms with Gasteiger partial charge < -0.3 is 4.57 Å². The summed E-state index contributed by atoms with van der Waals surface area (Å²) < 4.78 is 3.75. The Labute approximate surface area is 121 Å². The van der Waals surface area contributed by atoms with Crippen molar-refractivity contribution in [1.82, 2.24) is 29.3 Å². The number of hydrogen-bond donors (Lipinski definition) is 0. The van der Waals surface area contributed by atoms with E-state index in [9.17, 15) is 0 Å². The third-order valence-corrected chi connectivity index (χ3v) is 3.48. The van der Waals surface area contributed by atoms with Gasteiger partial charge in [0.15, 0.2) is 11.5 Å². The number of nitrogens with zero attached hydrogens (tertiary/aromatic N) is 6. The lowest BCUT2D eigenvalue weighted by Gasteiger charge is -2.05. The molecule has 104 valence electrons. The molecule has 3 aromatic rings. The smallest absolute Gasteiger partial charge is 0.160 e. The highest BCUT2D eigenvalue weighted by Gasteiger charge is 2.13. The summed E-state index contributed by atoms with van der Waals surface area (Å²) in [5, 5.41) is 4.28. The summed E-state index contributed by atoms with van der Waals surface area (Å²) in [5.41, 5.74) is 2.89. The van der Waals surface area contributed by atoms with Gasteiger partial charge in [0, 0.05) is 26.2 Å². The van der Waals surface area contributed by atoms with Crippen molar-refractivity contribution in [2.45, 2.75) is 25.8 Å². The second-order valence-electron chi connectivity index (χ2n) is 4.70. The van der Waals surface area contributed by atoms with E-state index in [2.05, 4.69) is 20.1 Å². The minimum atomic E-state index is 0.367. The minimum Gasteiger partial charge on any atom is -0.311 e. The molecule has 0 amide bonds. The van der Waals surface area contributed by atoms with E-state index >= 15 is 0 Å². The molecule has 0 atom stereocenters. The molecular formula is C13H15ClN6. The van der Waals surface area contributed by atoms with Crippen molar-refractivity contribution in [2.24, 2.45) is 7.05 Å². The summed E-state index contributed by atoms with van der Waals surface area (Å²) >= 11 is 6.00. The zero-order chi connectivity index (χ0) is 14.1. The summed E-state index contributed by atoms with van der Waals surface area (Å²) in [5.74, 6) is 2.01. The first-order valence-electron chi connectivity index (χ1n) is 6.40. The monoisotopic (exact) mass is 290 g/mol. The van der Waals surface area contributed by atoms with Gasteiger partial charge in [0.2, 0.25) is 0 Å². The molecule has 7 heteroatoms. The van der Waals surface area contributed by atoms with Gasteiger partial charge in [-0.2, -0.15) is 5.10 Å². The Morgan fingerprint density at radius 2 is 2.15 bits per heavy atom. The number of fused-ring (bicyclic) bond motifs is 1. The third-order valence-electron chi connectivity index (χ3n) is 3.24. The largest absolute Gasteiger partial charge is 0.311 e. The van der Waals surface area contributed by atoms with Gasteiger partial charge in [-0.3, -0.25) is 4.68 Å². The Bertz CT molecular complexity index is 744. The third kappa shape index (κ3) is 2.27. The molecule has 0 saturated carbocycles. The summed E-state index contributed by atoms with van der Waals surface area (Å²) in [6, 6.07) is 1.96. The molecule has 0 saturated heterocycles. The van der Waals surface area contributed by atoms with E-state index in [1.54, 1.807) is 17.2 Å². The Morgan fingerprint density at radius 3 is 2.85 bits per heavy atom. The predicted octanol–water partition coefficient (Wildman–Crippen LogP) is 1.85. The zero-order valence-corrected chi connectivity index (χ0v) is 12.2. The summed E-state index contributed by atoms with van der Waals surface area (Å²) in [6.45, 7) is 2.75. The predicted molar refractivity (Wildman–Crippen MR) is 76.5 cm³/mol. The van der Waals surface area contributed by atoms with Gasteiger partial charge in [-0.1, -0.05) is 0 Å². The van der Waals surface area contributed by atoms with Crippen molar-refractivity contribution in [3.63, 3.8) is 0 Å². The maximum absolute atomic E-state index is 6.00. The highest BCUT2D eigenvalue weighted by Crippen LogP contribution is 2.19. The van der Waals surface area contributed by atoms with Gasteiger partial charge in [0.25, 0.3) is 0 Å². The molecule has 0 aromatic carbocycles. The average molecular weight is 291 g/mol. The topological polar surface area (TPSA) is 61.4 Å². The summed E-state index contributed by atoms with van der Waals surface area (Å²) in [4.78, 5) is 13.2. The van der Waals surface area contributed by atoms with E-state index in [-0.39, 0.29) is 0 Å². The van der Waals surface area contributed by atoms with Crippen LogP contribution in [0.15, 0.2) is 18.6 Å². The quantitative estimate of drug-likeness (QED) is 0.688. The minimum absolute atomic E-state index is 0.367. The summed E-state index contributed by atoms with van der Waals surface area (Å²) in [6.07, 6.45) is 4.23. The molecule has 0 spiro atoms. The van der Waals surface area contributed by atoms with Crippen LogP contribution in [0.25, 0.3) is 11.2 Å². The standard InChI is InChI=1S/C13H15ClN6/c1-9-3-5-15-13-12(9)17-11(7-14)20(13)6-4-10-16-8-19(2)18-10/h3,5,8H,4,6-7H2,1-2H3. The number of hydrogen-bond acceptors (Lipinski definition) is 4. The van der Waals surface area contributed by atoms with E-state index in [0.717, 1.165) is 41.3 Å². The van der Waals surface area contributed by atoms with Gasteiger partial charge in [-0.05, 0) is 18.6 Å². The Morgan fingerprint density at radius 1 is 1.30 bits per heavy atom. The van der Waals surface area contributed by atoms with Crippen molar-refractivity contribution < 1.29 is 0 Å². The van der Waals surface area contributed by atoms with Gasteiger partial charge in [0.1, 0.15) is 17.7 Å². The van der Waals surface area contributed by atoms with Crippen molar-refractivity contribution in [3.05, 3.63) is 35.8 Å². The highest BCUT2D eigenvalue weighted by atomic mass is 35.5. The van der Waals surface area contributed by atoms with Crippen LogP contribution in [0.1, 0.15) is 17.2 Å². The molecule has 0 bridgehead atoms. The zero-order valence-electron chi connectivity index (χ0n) is 11.4. The molecule has 3 aromatic heterocycles. The number of imidazole rings is 1. The molecule has 0 N–H and O–H groups in total. The molecule has 0 aliphatic heterocycles. The van der Waals surface area contributed by atoms with Gasteiger partial charge >= 0.3 is 0 Å². The second kappa shape index (κ2) is 5.20. The van der Waals surface area contributed by atoms with E-state index in [4.69, 9.17) is 11.6 Å². The fourth-order valence-corrected chi connectivity index (χ4v) is 2.43. The van der Waals surface area contributed by atoms with Crippen molar-refractivity contribution >= 4 is 22.8 Å². The van der Waals surface area contributed by atoms with E-state index in [1.165, 1.54) is 0 Å². The van der Waals surface area contributed by atoms with Crippen LogP contribution in [0, 0.1) is 6.92 Å². The average Bonchev–Trinajstić information content (AvgIpc) is 3.01. The molecular weight excluding hydrogens is 276 g/mol. The number of rotatable bonds is 4. The number of pyridine rings is 1. The number of aromatic nitrogens is 6. The second-order valence-corrected chi connectivity index (χ2v) is 4.97. The van der Waals surface area contributed by atoms with E-state index in [1.807, 2.05) is 24.6 Å². The first-order valence-corrected chi connectivity index (χ1v) is 6.93. The van der Waals surface area contributed by atoms with Crippen LogP contribution in [0.2, 0.25) is 0 Å². The lowest BCUT2D eigenvalue weighted by molar-refractivity contribution is 0.650. The van der Waals surface area contributed by atoms with E-state index < -0.39 is 0 Å². The molecule has 3 rings (SSSR count). The van der Waals surface area contributed by atoms with Crippen LogP contribution >= 0.6 is 11.6 Å². The van der Waals surface area contributed by atoms with Crippen LogP contribution in [0.3, 0.4) is 0 Å². The van der Waals surface area contributed by atoms with Crippen LogP contribution in [-0.4, -0.2) is 29.3 Å². The molecule has 3 heterocycles. The molecule has 0 radical (unpaired) electrons.